The number of nitrogens with one attached hydrogen (secondary N) is 1. The number of amides is 1. The number of allylic oxidation sites excluding steroid dienone is 1. The summed E-state index contributed by atoms with van der Waals surface area (Å²) in [5, 5.41) is 15.9. The zero-order valence-electron chi connectivity index (χ0n) is 16.2. The molecule has 2 aromatic carbocycles. The number of benzene rings is 2. The second-order valence-electron chi connectivity index (χ2n) is 7.15. The van der Waals surface area contributed by atoms with Gasteiger partial charge in [-0.3, -0.25) is 9.69 Å². The lowest BCUT2D eigenvalue weighted by Crippen LogP contribution is -2.42. The Morgan fingerprint density at radius 2 is 1.86 bits per heavy atom. The number of hydrogen-bond donors (Lipinski definition) is 1. The number of anilines is 1. The largest absolute Gasteiger partial charge is 0.352 e. The third-order valence-corrected chi connectivity index (χ3v) is 4.87. The molecule has 0 unspecified atom stereocenters. The van der Waals surface area contributed by atoms with E-state index in [0.29, 0.717) is 11.0 Å². The van der Waals surface area contributed by atoms with Crippen LogP contribution in [0.1, 0.15) is 31.0 Å². The highest BCUT2D eigenvalue weighted by Gasteiger charge is 2.31. The number of aromatic nitrogens is 4. The van der Waals surface area contributed by atoms with Crippen LogP contribution in [0.3, 0.4) is 0 Å². The van der Waals surface area contributed by atoms with E-state index in [-0.39, 0.29) is 24.5 Å². The van der Waals surface area contributed by atoms with Crippen molar-refractivity contribution in [2.75, 3.05) is 11.4 Å². The standard InChI is InChI=1S/C21H21ClN6O/c1-14(2)23-20(29)13-27-18(15-6-4-3-5-7-15)12-19(28-21(27)24-25-26-28)16-8-10-17(22)11-9-16/h3-12,14,19H,13H2,1-2H3,(H,23,29)/t19-/m0/s1. The lowest BCUT2D eigenvalue weighted by Gasteiger charge is -2.32. The normalized spacial score (nSPS) is 15.8. The molecule has 1 aliphatic heterocycles. The molecule has 0 bridgehead atoms. The number of fused-ring (bicyclic) bond motifs is 1. The lowest BCUT2D eigenvalue weighted by molar-refractivity contribution is -0.120. The minimum atomic E-state index is -0.211. The van der Waals surface area contributed by atoms with E-state index in [4.69, 9.17) is 11.6 Å². The van der Waals surface area contributed by atoms with E-state index in [0.717, 1.165) is 16.8 Å². The maximum atomic E-state index is 12.5. The second kappa shape index (κ2) is 8.05. The maximum absolute atomic E-state index is 12.5. The summed E-state index contributed by atoms with van der Waals surface area (Å²) < 4.78 is 1.72. The Hall–Kier alpha value is -3.19. The molecule has 3 aromatic rings. The van der Waals surface area contributed by atoms with Gasteiger partial charge in [0.25, 0.3) is 5.95 Å². The van der Waals surface area contributed by atoms with Crippen molar-refractivity contribution in [3.63, 3.8) is 0 Å². The topological polar surface area (TPSA) is 75.9 Å². The van der Waals surface area contributed by atoms with E-state index in [9.17, 15) is 4.79 Å². The molecule has 8 heteroatoms. The fraction of sp³-hybridized carbons (Fsp3) is 0.238. The van der Waals surface area contributed by atoms with Crippen molar-refractivity contribution in [3.05, 3.63) is 76.8 Å². The molecular formula is C21H21ClN6O. The molecule has 2 heterocycles. The van der Waals surface area contributed by atoms with Gasteiger partial charge in [-0.2, -0.15) is 4.68 Å². The molecule has 0 fully saturated rings. The van der Waals surface area contributed by atoms with Crippen molar-refractivity contribution in [2.24, 2.45) is 0 Å². The molecule has 1 N–H and O–H groups in total. The molecule has 1 aliphatic rings. The first kappa shape index (κ1) is 19.1. The van der Waals surface area contributed by atoms with Gasteiger partial charge in [-0.15, -0.1) is 0 Å². The van der Waals surface area contributed by atoms with E-state index >= 15 is 0 Å². The Kier molecular flexibility index (Phi) is 5.31. The van der Waals surface area contributed by atoms with Crippen LogP contribution < -0.4 is 10.2 Å². The van der Waals surface area contributed by atoms with E-state index in [1.54, 1.807) is 4.68 Å². The fourth-order valence-corrected chi connectivity index (χ4v) is 3.52. The van der Waals surface area contributed by atoms with Crippen LogP contribution in [0.15, 0.2) is 60.7 Å². The number of rotatable bonds is 5. The number of carbonyl (C=O) groups excluding carboxylic acids is 1. The molecule has 7 nitrogen and oxygen atoms in total. The maximum Gasteiger partial charge on any atom is 0.251 e. The Morgan fingerprint density at radius 1 is 1.14 bits per heavy atom. The van der Waals surface area contributed by atoms with Gasteiger partial charge >= 0.3 is 0 Å². The van der Waals surface area contributed by atoms with Crippen LogP contribution in [0.25, 0.3) is 5.70 Å². The molecule has 1 atom stereocenters. The number of tetrazole rings is 1. The Labute approximate surface area is 174 Å². The number of hydrogen-bond acceptors (Lipinski definition) is 5. The molecule has 148 valence electrons. The highest BCUT2D eigenvalue weighted by Crippen LogP contribution is 2.36. The monoisotopic (exact) mass is 408 g/mol. The number of carbonyl (C=O) groups is 1. The average Bonchev–Trinajstić information content (AvgIpc) is 3.19. The summed E-state index contributed by atoms with van der Waals surface area (Å²) in [5.41, 5.74) is 2.87. The van der Waals surface area contributed by atoms with Crippen molar-refractivity contribution in [3.8, 4) is 0 Å². The van der Waals surface area contributed by atoms with Crippen LogP contribution in [-0.2, 0) is 4.79 Å². The molecule has 0 aliphatic carbocycles. The van der Waals surface area contributed by atoms with E-state index in [1.807, 2.05) is 73.3 Å². The van der Waals surface area contributed by atoms with E-state index in [1.165, 1.54) is 0 Å². The van der Waals surface area contributed by atoms with Gasteiger partial charge in [0.1, 0.15) is 12.6 Å². The minimum Gasteiger partial charge on any atom is -0.352 e. The van der Waals surface area contributed by atoms with Gasteiger partial charge < -0.3 is 5.32 Å². The summed E-state index contributed by atoms with van der Waals surface area (Å²) in [5.74, 6) is 0.423. The first-order chi connectivity index (χ1) is 14.0. The zero-order chi connectivity index (χ0) is 20.4. The molecule has 1 amide bonds. The highest BCUT2D eigenvalue weighted by molar-refractivity contribution is 6.30. The predicted molar refractivity (Wildman–Crippen MR) is 112 cm³/mol. The molecule has 0 radical (unpaired) electrons. The summed E-state index contributed by atoms with van der Waals surface area (Å²) in [4.78, 5) is 14.4. The number of nitrogens with zero attached hydrogens (tertiary/aromatic N) is 5. The van der Waals surface area contributed by atoms with Gasteiger partial charge in [-0.1, -0.05) is 59.2 Å². The first-order valence-electron chi connectivity index (χ1n) is 9.40. The van der Waals surface area contributed by atoms with Crippen LogP contribution >= 0.6 is 11.6 Å². The molecule has 0 saturated heterocycles. The van der Waals surface area contributed by atoms with Crippen molar-refractivity contribution in [1.82, 2.24) is 25.5 Å². The average molecular weight is 409 g/mol. The quantitative estimate of drug-likeness (QED) is 0.701. The minimum absolute atomic E-state index is 0.0502. The smallest absolute Gasteiger partial charge is 0.251 e. The van der Waals surface area contributed by atoms with Crippen LogP contribution in [-0.4, -0.2) is 38.7 Å². The lowest BCUT2D eigenvalue weighted by atomic mass is 10.0. The summed E-state index contributed by atoms with van der Waals surface area (Å²) in [6, 6.07) is 17.4. The summed E-state index contributed by atoms with van der Waals surface area (Å²) in [6.45, 7) is 3.98. The van der Waals surface area contributed by atoms with Gasteiger partial charge in [0, 0.05) is 11.1 Å². The van der Waals surface area contributed by atoms with Crippen molar-refractivity contribution < 1.29 is 4.79 Å². The Balaban J connectivity index is 1.80. The Morgan fingerprint density at radius 3 is 2.55 bits per heavy atom. The van der Waals surface area contributed by atoms with Crippen LogP contribution in [0.5, 0.6) is 0 Å². The van der Waals surface area contributed by atoms with Crippen molar-refractivity contribution in [2.45, 2.75) is 25.9 Å². The molecule has 0 saturated carbocycles. The molecule has 1 aromatic heterocycles. The number of halogens is 1. The summed E-state index contributed by atoms with van der Waals surface area (Å²) in [7, 11) is 0. The predicted octanol–water partition coefficient (Wildman–Crippen LogP) is 3.30. The van der Waals surface area contributed by atoms with E-state index < -0.39 is 0 Å². The third-order valence-electron chi connectivity index (χ3n) is 4.62. The van der Waals surface area contributed by atoms with Gasteiger partial charge in [0.15, 0.2) is 0 Å². The van der Waals surface area contributed by atoms with Crippen LogP contribution in [0.4, 0.5) is 5.95 Å². The van der Waals surface area contributed by atoms with Crippen LogP contribution in [0, 0.1) is 0 Å². The first-order valence-corrected chi connectivity index (χ1v) is 9.78. The molecule has 0 spiro atoms. The Bertz CT molecular complexity index is 1030. The highest BCUT2D eigenvalue weighted by atomic mass is 35.5. The second-order valence-corrected chi connectivity index (χ2v) is 7.58. The molecule has 4 rings (SSSR count). The van der Waals surface area contributed by atoms with E-state index in [2.05, 4.69) is 26.9 Å². The summed E-state index contributed by atoms with van der Waals surface area (Å²) >= 11 is 6.06. The van der Waals surface area contributed by atoms with Gasteiger partial charge in [-0.05, 0) is 53.6 Å². The zero-order valence-corrected chi connectivity index (χ0v) is 16.9. The van der Waals surface area contributed by atoms with Gasteiger partial charge in [0.2, 0.25) is 5.91 Å². The third kappa shape index (κ3) is 4.00. The fourth-order valence-electron chi connectivity index (χ4n) is 3.39. The van der Waals surface area contributed by atoms with Gasteiger partial charge in [-0.25, -0.2) is 0 Å². The molecule has 29 heavy (non-hydrogen) atoms. The van der Waals surface area contributed by atoms with Gasteiger partial charge in [0.05, 0.1) is 5.70 Å². The summed E-state index contributed by atoms with van der Waals surface area (Å²) in [6.07, 6.45) is 2.07. The van der Waals surface area contributed by atoms with Crippen LogP contribution in [0.2, 0.25) is 5.02 Å². The SMILES string of the molecule is CC(C)NC(=O)CN1C(c2ccccc2)=C[C@@H](c2ccc(Cl)cc2)n2nnnc21. The van der Waals surface area contributed by atoms with Crippen molar-refractivity contribution in [1.29, 1.82) is 0 Å². The molecular weight excluding hydrogens is 388 g/mol. The van der Waals surface area contributed by atoms with Crippen molar-refractivity contribution >= 4 is 29.2 Å².